The van der Waals surface area contributed by atoms with Gasteiger partial charge in [-0.2, -0.15) is 5.10 Å². The summed E-state index contributed by atoms with van der Waals surface area (Å²) >= 11 is 0. The van der Waals surface area contributed by atoms with Crippen molar-refractivity contribution in [3.63, 3.8) is 0 Å². The van der Waals surface area contributed by atoms with E-state index < -0.39 is 0 Å². The molecule has 6 nitrogen and oxygen atoms in total. The van der Waals surface area contributed by atoms with Gasteiger partial charge in [0.2, 0.25) is 0 Å². The Morgan fingerprint density at radius 1 is 1.24 bits per heavy atom. The van der Waals surface area contributed by atoms with Crippen LogP contribution in [0.4, 0.5) is 0 Å². The largest absolute Gasteiger partial charge is 0.297 e. The molecule has 1 fully saturated rings. The summed E-state index contributed by atoms with van der Waals surface area (Å²) in [4.78, 5) is 2.50. The van der Waals surface area contributed by atoms with Crippen LogP contribution in [-0.2, 0) is 13.1 Å². The van der Waals surface area contributed by atoms with E-state index in [0.717, 1.165) is 44.7 Å². The molecule has 6 heteroatoms. The first kappa shape index (κ1) is 14.3. The lowest BCUT2D eigenvalue weighted by Gasteiger charge is -2.32. The van der Waals surface area contributed by atoms with E-state index in [4.69, 9.17) is 0 Å². The molecule has 0 aliphatic carbocycles. The number of piperidine rings is 1. The summed E-state index contributed by atoms with van der Waals surface area (Å²) in [7, 11) is 0. The standard InChI is InChI=1S/C15H24N6/c1-4-20-15(13(3)17-18-20)11-19-7-5-14(6-8-19)21-10-12(2)9-16-21/h9-10,14H,4-8,11H2,1-3H3. The zero-order valence-corrected chi connectivity index (χ0v) is 13.2. The summed E-state index contributed by atoms with van der Waals surface area (Å²) in [5.41, 5.74) is 3.55. The zero-order valence-electron chi connectivity index (χ0n) is 13.2. The average molecular weight is 288 g/mol. The van der Waals surface area contributed by atoms with Crippen molar-refractivity contribution in [3.05, 3.63) is 29.3 Å². The third-order valence-electron chi connectivity index (χ3n) is 4.37. The number of aromatic nitrogens is 5. The van der Waals surface area contributed by atoms with Gasteiger partial charge in [0.1, 0.15) is 0 Å². The maximum absolute atomic E-state index is 4.46. The second-order valence-corrected chi connectivity index (χ2v) is 5.94. The van der Waals surface area contributed by atoms with Gasteiger partial charge in [-0.1, -0.05) is 5.21 Å². The van der Waals surface area contributed by atoms with E-state index in [2.05, 4.69) is 45.0 Å². The molecule has 21 heavy (non-hydrogen) atoms. The van der Waals surface area contributed by atoms with Crippen LogP contribution in [0, 0.1) is 13.8 Å². The molecule has 3 heterocycles. The van der Waals surface area contributed by atoms with Gasteiger partial charge < -0.3 is 0 Å². The van der Waals surface area contributed by atoms with Crippen LogP contribution < -0.4 is 0 Å². The lowest BCUT2D eigenvalue weighted by Crippen LogP contribution is -2.35. The molecular formula is C15H24N6. The predicted octanol–water partition coefficient (Wildman–Crippen LogP) is 1.95. The minimum Gasteiger partial charge on any atom is -0.297 e. The number of hydrogen-bond donors (Lipinski definition) is 0. The number of rotatable bonds is 4. The molecule has 114 valence electrons. The third-order valence-corrected chi connectivity index (χ3v) is 4.37. The van der Waals surface area contributed by atoms with Crippen LogP contribution in [0.25, 0.3) is 0 Å². The van der Waals surface area contributed by atoms with Crippen molar-refractivity contribution in [2.24, 2.45) is 0 Å². The molecule has 1 saturated heterocycles. The lowest BCUT2D eigenvalue weighted by atomic mass is 10.0. The van der Waals surface area contributed by atoms with Crippen molar-refractivity contribution >= 4 is 0 Å². The van der Waals surface area contributed by atoms with Crippen LogP contribution in [0.1, 0.15) is 42.8 Å². The fraction of sp³-hybridized carbons (Fsp3) is 0.667. The molecule has 2 aromatic heterocycles. The van der Waals surface area contributed by atoms with Gasteiger partial charge in [0, 0.05) is 32.4 Å². The first-order valence-electron chi connectivity index (χ1n) is 7.79. The van der Waals surface area contributed by atoms with E-state index in [9.17, 15) is 0 Å². The van der Waals surface area contributed by atoms with Gasteiger partial charge in [-0.3, -0.25) is 9.58 Å². The molecular weight excluding hydrogens is 264 g/mol. The summed E-state index contributed by atoms with van der Waals surface area (Å²) < 4.78 is 4.15. The summed E-state index contributed by atoms with van der Waals surface area (Å²) in [6.07, 6.45) is 6.42. The van der Waals surface area contributed by atoms with Crippen LogP contribution in [0.3, 0.4) is 0 Å². The highest BCUT2D eigenvalue weighted by atomic mass is 15.4. The van der Waals surface area contributed by atoms with E-state index >= 15 is 0 Å². The van der Waals surface area contributed by atoms with E-state index in [0.29, 0.717) is 6.04 Å². The van der Waals surface area contributed by atoms with E-state index in [-0.39, 0.29) is 0 Å². The Kier molecular flexibility index (Phi) is 4.05. The normalized spacial score (nSPS) is 17.5. The van der Waals surface area contributed by atoms with Crippen LogP contribution >= 0.6 is 0 Å². The molecule has 3 rings (SSSR count). The maximum atomic E-state index is 4.46. The Balaban J connectivity index is 1.60. The number of hydrogen-bond acceptors (Lipinski definition) is 4. The number of likely N-dealkylation sites (tertiary alicyclic amines) is 1. The van der Waals surface area contributed by atoms with Crippen LogP contribution in [0.5, 0.6) is 0 Å². The highest BCUT2D eigenvalue weighted by Gasteiger charge is 2.22. The average Bonchev–Trinajstić information content (AvgIpc) is 3.07. The molecule has 0 spiro atoms. The highest BCUT2D eigenvalue weighted by Crippen LogP contribution is 2.23. The number of aryl methyl sites for hydroxylation is 3. The zero-order chi connectivity index (χ0) is 14.8. The third kappa shape index (κ3) is 3.00. The van der Waals surface area contributed by atoms with Crippen LogP contribution in [0.15, 0.2) is 12.4 Å². The Morgan fingerprint density at radius 2 is 2.00 bits per heavy atom. The van der Waals surface area contributed by atoms with Crippen molar-refractivity contribution in [1.29, 1.82) is 0 Å². The van der Waals surface area contributed by atoms with Gasteiger partial charge in [-0.05, 0) is 39.2 Å². The molecule has 0 unspecified atom stereocenters. The van der Waals surface area contributed by atoms with E-state index in [1.165, 1.54) is 11.3 Å². The van der Waals surface area contributed by atoms with Gasteiger partial charge >= 0.3 is 0 Å². The predicted molar refractivity (Wildman–Crippen MR) is 80.9 cm³/mol. The van der Waals surface area contributed by atoms with Crippen molar-refractivity contribution < 1.29 is 0 Å². The molecule has 1 aliphatic rings. The van der Waals surface area contributed by atoms with Gasteiger partial charge in [0.25, 0.3) is 0 Å². The molecule has 0 amide bonds. The summed E-state index contributed by atoms with van der Waals surface area (Å²) in [6, 6.07) is 0.547. The molecule has 0 N–H and O–H groups in total. The Morgan fingerprint density at radius 3 is 2.62 bits per heavy atom. The number of nitrogens with zero attached hydrogens (tertiary/aromatic N) is 6. The summed E-state index contributed by atoms with van der Waals surface area (Å²) in [5.74, 6) is 0. The van der Waals surface area contributed by atoms with E-state index in [1.807, 2.05) is 17.8 Å². The van der Waals surface area contributed by atoms with Crippen LogP contribution in [-0.4, -0.2) is 42.8 Å². The molecule has 1 aliphatic heterocycles. The molecule has 0 radical (unpaired) electrons. The monoisotopic (exact) mass is 288 g/mol. The minimum atomic E-state index is 0.547. The van der Waals surface area contributed by atoms with Gasteiger partial charge in [-0.15, -0.1) is 5.10 Å². The molecule has 2 aromatic rings. The van der Waals surface area contributed by atoms with E-state index in [1.54, 1.807) is 0 Å². The van der Waals surface area contributed by atoms with Crippen molar-refractivity contribution in [2.45, 2.75) is 52.7 Å². The van der Waals surface area contributed by atoms with Crippen molar-refractivity contribution in [3.8, 4) is 0 Å². The van der Waals surface area contributed by atoms with Gasteiger partial charge in [0.05, 0.1) is 23.6 Å². The smallest absolute Gasteiger partial charge is 0.0841 e. The SMILES string of the molecule is CCn1nnc(C)c1CN1CCC(n2cc(C)cn2)CC1. The lowest BCUT2D eigenvalue weighted by molar-refractivity contribution is 0.169. The topological polar surface area (TPSA) is 51.8 Å². The molecule has 0 aromatic carbocycles. The quantitative estimate of drug-likeness (QED) is 0.863. The molecule has 0 atom stereocenters. The summed E-state index contributed by atoms with van der Waals surface area (Å²) in [5, 5.41) is 12.8. The summed E-state index contributed by atoms with van der Waals surface area (Å²) in [6.45, 7) is 10.3. The van der Waals surface area contributed by atoms with Crippen LogP contribution in [0.2, 0.25) is 0 Å². The van der Waals surface area contributed by atoms with Gasteiger partial charge in [0.15, 0.2) is 0 Å². The Hall–Kier alpha value is -1.69. The second-order valence-electron chi connectivity index (χ2n) is 5.94. The Bertz CT molecular complexity index is 591. The van der Waals surface area contributed by atoms with Crippen molar-refractivity contribution in [1.82, 2.24) is 29.7 Å². The van der Waals surface area contributed by atoms with Gasteiger partial charge in [-0.25, -0.2) is 4.68 Å². The first-order chi connectivity index (χ1) is 10.2. The Labute approximate surface area is 125 Å². The molecule has 0 bridgehead atoms. The van der Waals surface area contributed by atoms with Crippen molar-refractivity contribution in [2.75, 3.05) is 13.1 Å². The first-order valence-corrected chi connectivity index (χ1v) is 7.79. The second kappa shape index (κ2) is 5.97. The highest BCUT2D eigenvalue weighted by molar-refractivity contribution is 5.08. The maximum Gasteiger partial charge on any atom is 0.0841 e. The molecule has 0 saturated carbocycles. The minimum absolute atomic E-state index is 0.547. The fourth-order valence-electron chi connectivity index (χ4n) is 3.06. The fourth-order valence-corrected chi connectivity index (χ4v) is 3.06.